The molecule has 0 aliphatic rings. The molecule has 1 aromatic rings. The summed E-state index contributed by atoms with van der Waals surface area (Å²) >= 11 is 0. The third-order valence-electron chi connectivity index (χ3n) is 3.77. The smallest absolute Gasteiger partial charge is 0.155 e. The number of nitrogens with two attached hydrogens (primary N) is 1. The number of aliphatic hydroxyl groups excluding tert-OH is 1. The fourth-order valence-corrected chi connectivity index (χ4v) is 2.65. The zero-order chi connectivity index (χ0) is 14.8. The maximum absolute atomic E-state index is 11.8. The third kappa shape index (κ3) is 3.35. The van der Waals surface area contributed by atoms with E-state index in [1.54, 1.807) is 0 Å². The van der Waals surface area contributed by atoms with Gasteiger partial charge in [0.2, 0.25) is 0 Å². The van der Waals surface area contributed by atoms with Gasteiger partial charge in [0.15, 0.2) is 9.84 Å². The Morgan fingerprint density at radius 1 is 1.37 bits per heavy atom. The van der Waals surface area contributed by atoms with Crippen molar-refractivity contribution in [2.45, 2.75) is 37.5 Å². The fourth-order valence-electron chi connectivity index (χ4n) is 2.05. The van der Waals surface area contributed by atoms with Gasteiger partial charge >= 0.3 is 0 Å². The molecule has 0 aliphatic carbocycles. The van der Waals surface area contributed by atoms with E-state index < -0.39 is 26.6 Å². The van der Waals surface area contributed by atoms with E-state index in [1.807, 2.05) is 31.2 Å². The maximum Gasteiger partial charge on any atom is 0.155 e. The quantitative estimate of drug-likeness (QED) is 0.852. The summed E-state index contributed by atoms with van der Waals surface area (Å²) in [7, 11) is -3.38. The van der Waals surface area contributed by atoms with Crippen molar-refractivity contribution < 1.29 is 13.5 Å². The molecule has 19 heavy (non-hydrogen) atoms. The molecule has 0 saturated heterocycles. The van der Waals surface area contributed by atoms with Crippen molar-refractivity contribution >= 4 is 9.84 Å². The highest BCUT2D eigenvalue weighted by Gasteiger charge is 2.42. The molecule has 1 rings (SSSR count). The summed E-state index contributed by atoms with van der Waals surface area (Å²) in [5, 5.41) is 10.5. The van der Waals surface area contributed by atoms with Crippen LogP contribution in [0, 0.1) is 6.92 Å². The van der Waals surface area contributed by atoms with Crippen molar-refractivity contribution in [2.75, 3.05) is 12.8 Å². The fraction of sp³-hybridized carbons (Fsp3) is 0.571. The molecule has 2 atom stereocenters. The Morgan fingerprint density at radius 2 is 1.95 bits per heavy atom. The van der Waals surface area contributed by atoms with Gasteiger partial charge in [-0.1, -0.05) is 29.8 Å². The average Bonchev–Trinajstić information content (AvgIpc) is 2.28. The SMILES string of the molecule is Cc1cccc(C(CN)C(O)C(C)(C)S(C)(=O)=O)c1. The van der Waals surface area contributed by atoms with Crippen molar-refractivity contribution in [1.29, 1.82) is 0 Å². The second-order valence-corrected chi connectivity index (χ2v) is 8.17. The lowest BCUT2D eigenvalue weighted by atomic mass is 9.86. The molecule has 0 fully saturated rings. The molecule has 0 aliphatic heterocycles. The summed E-state index contributed by atoms with van der Waals surface area (Å²) in [6.45, 7) is 5.21. The molecule has 2 unspecified atom stereocenters. The van der Waals surface area contributed by atoms with Crippen molar-refractivity contribution in [3.05, 3.63) is 35.4 Å². The number of hydrogen-bond acceptors (Lipinski definition) is 4. The molecular weight excluding hydrogens is 262 g/mol. The van der Waals surface area contributed by atoms with Gasteiger partial charge in [0.25, 0.3) is 0 Å². The molecule has 5 heteroatoms. The van der Waals surface area contributed by atoms with Gasteiger partial charge in [-0.2, -0.15) is 0 Å². The largest absolute Gasteiger partial charge is 0.391 e. The Hall–Kier alpha value is -0.910. The Balaban J connectivity index is 3.18. The van der Waals surface area contributed by atoms with E-state index in [0.717, 1.165) is 17.4 Å². The summed E-state index contributed by atoms with van der Waals surface area (Å²) in [6.07, 6.45) is 0.0920. The van der Waals surface area contributed by atoms with Crippen LogP contribution < -0.4 is 5.73 Å². The predicted molar refractivity (Wildman–Crippen MR) is 77.9 cm³/mol. The molecule has 0 saturated carbocycles. The van der Waals surface area contributed by atoms with Crippen molar-refractivity contribution in [3.8, 4) is 0 Å². The highest BCUT2D eigenvalue weighted by molar-refractivity contribution is 7.92. The first-order chi connectivity index (χ1) is 8.61. The molecule has 1 aromatic carbocycles. The van der Waals surface area contributed by atoms with E-state index >= 15 is 0 Å². The molecule has 0 heterocycles. The van der Waals surface area contributed by atoms with Gasteiger partial charge in [-0.3, -0.25) is 0 Å². The topological polar surface area (TPSA) is 80.4 Å². The summed E-state index contributed by atoms with van der Waals surface area (Å²) in [5.41, 5.74) is 7.66. The molecule has 108 valence electrons. The second-order valence-electron chi connectivity index (χ2n) is 5.58. The molecule has 0 spiro atoms. The molecule has 0 amide bonds. The van der Waals surface area contributed by atoms with Crippen LogP contribution in [0.1, 0.15) is 30.9 Å². The zero-order valence-electron chi connectivity index (χ0n) is 11.9. The lowest BCUT2D eigenvalue weighted by molar-refractivity contribution is 0.110. The maximum atomic E-state index is 11.8. The van der Waals surface area contributed by atoms with Crippen molar-refractivity contribution in [1.82, 2.24) is 0 Å². The number of rotatable bonds is 5. The van der Waals surface area contributed by atoms with Gasteiger partial charge in [-0.15, -0.1) is 0 Å². The van der Waals surface area contributed by atoms with Crippen LogP contribution in [0.4, 0.5) is 0 Å². The molecular formula is C14H23NO3S. The van der Waals surface area contributed by atoms with E-state index in [1.165, 1.54) is 13.8 Å². The summed E-state index contributed by atoms with van der Waals surface area (Å²) in [4.78, 5) is 0. The summed E-state index contributed by atoms with van der Waals surface area (Å²) in [6, 6.07) is 7.63. The van der Waals surface area contributed by atoms with Gasteiger partial charge < -0.3 is 10.8 Å². The van der Waals surface area contributed by atoms with Gasteiger partial charge in [0, 0.05) is 18.7 Å². The van der Waals surface area contributed by atoms with Crippen LogP contribution in [-0.2, 0) is 9.84 Å². The second kappa shape index (κ2) is 5.61. The summed E-state index contributed by atoms with van der Waals surface area (Å²) < 4.78 is 22.4. The normalized spacial score (nSPS) is 16.1. The van der Waals surface area contributed by atoms with Crippen LogP contribution in [0.25, 0.3) is 0 Å². The van der Waals surface area contributed by atoms with Crippen LogP contribution in [0.5, 0.6) is 0 Å². The minimum Gasteiger partial charge on any atom is -0.391 e. The lowest BCUT2D eigenvalue weighted by Crippen LogP contribution is -2.48. The van der Waals surface area contributed by atoms with E-state index in [4.69, 9.17) is 5.73 Å². The lowest BCUT2D eigenvalue weighted by Gasteiger charge is -2.34. The van der Waals surface area contributed by atoms with Gasteiger partial charge in [-0.25, -0.2) is 8.42 Å². The first-order valence-electron chi connectivity index (χ1n) is 6.25. The highest BCUT2D eigenvalue weighted by Crippen LogP contribution is 2.31. The Kier molecular flexibility index (Phi) is 4.76. The molecule has 0 radical (unpaired) electrons. The van der Waals surface area contributed by atoms with Gasteiger partial charge in [0.1, 0.15) is 0 Å². The number of aliphatic hydroxyl groups is 1. The van der Waals surface area contributed by atoms with Crippen LogP contribution >= 0.6 is 0 Å². The van der Waals surface area contributed by atoms with Gasteiger partial charge in [-0.05, 0) is 26.3 Å². The molecule has 0 aromatic heterocycles. The average molecular weight is 285 g/mol. The van der Waals surface area contributed by atoms with Crippen LogP contribution in [0.15, 0.2) is 24.3 Å². The summed E-state index contributed by atoms with van der Waals surface area (Å²) in [5.74, 6) is -0.398. The molecule has 0 bridgehead atoms. The molecule has 3 N–H and O–H groups in total. The highest BCUT2D eigenvalue weighted by atomic mass is 32.2. The predicted octanol–water partition coefficient (Wildman–Crippen LogP) is 1.22. The first-order valence-corrected chi connectivity index (χ1v) is 8.14. The minimum absolute atomic E-state index is 0.198. The zero-order valence-corrected chi connectivity index (χ0v) is 12.7. The Morgan fingerprint density at radius 3 is 2.37 bits per heavy atom. The number of benzene rings is 1. The number of hydrogen-bond donors (Lipinski definition) is 2. The number of aryl methyl sites for hydroxylation is 1. The van der Waals surface area contributed by atoms with Gasteiger partial charge in [0.05, 0.1) is 10.9 Å². The van der Waals surface area contributed by atoms with Crippen LogP contribution in [0.3, 0.4) is 0 Å². The molecule has 4 nitrogen and oxygen atoms in total. The van der Waals surface area contributed by atoms with Crippen molar-refractivity contribution in [2.24, 2.45) is 5.73 Å². The standard InChI is InChI=1S/C14H23NO3S/c1-10-6-5-7-11(8-10)12(9-15)13(16)14(2,3)19(4,17)18/h5-8,12-13,16H,9,15H2,1-4H3. The van der Waals surface area contributed by atoms with Crippen molar-refractivity contribution in [3.63, 3.8) is 0 Å². The van der Waals surface area contributed by atoms with E-state index in [2.05, 4.69) is 0 Å². The van der Waals surface area contributed by atoms with E-state index in [0.29, 0.717) is 0 Å². The third-order valence-corrected chi connectivity index (χ3v) is 5.93. The minimum atomic E-state index is -3.38. The Labute approximate surface area is 115 Å². The first kappa shape index (κ1) is 16.1. The number of sulfone groups is 1. The van der Waals surface area contributed by atoms with E-state index in [-0.39, 0.29) is 6.54 Å². The van der Waals surface area contributed by atoms with E-state index in [9.17, 15) is 13.5 Å². The van der Waals surface area contributed by atoms with Crippen LogP contribution in [-0.4, -0.2) is 37.2 Å². The Bertz CT molecular complexity index is 537. The van der Waals surface area contributed by atoms with Crippen LogP contribution in [0.2, 0.25) is 0 Å². The monoisotopic (exact) mass is 285 g/mol.